The highest BCUT2D eigenvalue weighted by atomic mass is 16.6. The summed E-state index contributed by atoms with van der Waals surface area (Å²) in [5.74, 6) is 5.55. The van der Waals surface area contributed by atoms with Gasteiger partial charge in [-0.25, -0.2) is 0 Å². The van der Waals surface area contributed by atoms with E-state index < -0.39 is 0 Å². The topological polar surface area (TPSA) is 123 Å². The van der Waals surface area contributed by atoms with Crippen LogP contribution in [0.1, 0.15) is 39.1 Å². The minimum absolute atomic E-state index is 0.0651. The Morgan fingerprint density at radius 1 is 1.03 bits per heavy atom. The molecule has 1 saturated carbocycles. The molecule has 0 saturated heterocycles. The SMILES string of the molecule is NOc1ccc(NC(=O)c2ccc(CN(C(=O)c3ccc4c(c3)OCC(=O)N4)C3CC3)cc2)cc1. The van der Waals surface area contributed by atoms with Crippen molar-refractivity contribution in [2.75, 3.05) is 17.2 Å². The quantitative estimate of drug-likeness (QED) is 0.454. The van der Waals surface area contributed by atoms with Crippen LogP contribution < -0.4 is 26.1 Å². The van der Waals surface area contributed by atoms with Crippen molar-refractivity contribution in [3.63, 3.8) is 0 Å². The molecule has 0 bridgehead atoms. The van der Waals surface area contributed by atoms with Gasteiger partial charge in [0, 0.05) is 29.4 Å². The summed E-state index contributed by atoms with van der Waals surface area (Å²) in [6, 6.07) is 19.2. The van der Waals surface area contributed by atoms with Gasteiger partial charge < -0.3 is 25.1 Å². The summed E-state index contributed by atoms with van der Waals surface area (Å²) in [5.41, 5.74) is 3.12. The largest absolute Gasteiger partial charge is 0.482 e. The molecular weight excluding hydrogens is 448 g/mol. The lowest BCUT2D eigenvalue weighted by Crippen LogP contribution is -2.33. The average Bonchev–Trinajstić information content (AvgIpc) is 3.73. The van der Waals surface area contributed by atoms with Crippen molar-refractivity contribution in [2.45, 2.75) is 25.4 Å². The molecule has 1 aliphatic carbocycles. The molecule has 9 heteroatoms. The third-order valence-electron chi connectivity index (χ3n) is 5.93. The number of benzene rings is 3. The zero-order valence-electron chi connectivity index (χ0n) is 18.8. The van der Waals surface area contributed by atoms with Crippen LogP contribution >= 0.6 is 0 Å². The molecular formula is C26H24N4O5. The van der Waals surface area contributed by atoms with Crippen LogP contribution in [0.25, 0.3) is 0 Å². The van der Waals surface area contributed by atoms with E-state index in [0.29, 0.717) is 40.5 Å². The molecule has 3 amide bonds. The van der Waals surface area contributed by atoms with Gasteiger partial charge in [-0.2, -0.15) is 5.90 Å². The maximum absolute atomic E-state index is 13.3. The number of fused-ring (bicyclic) bond motifs is 1. The minimum atomic E-state index is -0.241. The van der Waals surface area contributed by atoms with Crippen LogP contribution in [0.15, 0.2) is 66.7 Å². The molecule has 3 aromatic rings. The van der Waals surface area contributed by atoms with Gasteiger partial charge in [-0.15, -0.1) is 0 Å². The Bertz CT molecular complexity index is 1270. The molecule has 4 N–H and O–H groups in total. The number of carbonyl (C=O) groups is 3. The number of nitrogens with one attached hydrogen (secondary N) is 2. The normalized spacial score (nSPS) is 14.3. The van der Waals surface area contributed by atoms with Crippen LogP contribution in [0, 0.1) is 0 Å². The number of hydrogen-bond donors (Lipinski definition) is 3. The van der Waals surface area contributed by atoms with Gasteiger partial charge in [0.15, 0.2) is 6.61 Å². The van der Waals surface area contributed by atoms with Gasteiger partial charge in [0.25, 0.3) is 17.7 Å². The van der Waals surface area contributed by atoms with Crippen LogP contribution in [-0.4, -0.2) is 35.3 Å². The second kappa shape index (κ2) is 9.47. The van der Waals surface area contributed by atoms with Gasteiger partial charge in [-0.1, -0.05) is 12.1 Å². The predicted octanol–water partition coefficient (Wildman–Crippen LogP) is 3.33. The molecule has 178 valence electrons. The Hall–Kier alpha value is -4.37. The Morgan fingerprint density at radius 2 is 1.74 bits per heavy atom. The molecule has 9 nitrogen and oxygen atoms in total. The van der Waals surface area contributed by atoms with E-state index in [2.05, 4.69) is 15.5 Å². The van der Waals surface area contributed by atoms with Gasteiger partial charge in [-0.3, -0.25) is 14.4 Å². The summed E-state index contributed by atoms with van der Waals surface area (Å²) in [6.07, 6.45) is 1.91. The highest BCUT2D eigenvalue weighted by Crippen LogP contribution is 2.33. The lowest BCUT2D eigenvalue weighted by atomic mass is 10.1. The van der Waals surface area contributed by atoms with Crippen molar-refractivity contribution in [3.05, 3.63) is 83.4 Å². The average molecular weight is 473 g/mol. The fraction of sp³-hybridized carbons (Fsp3) is 0.192. The van der Waals surface area contributed by atoms with Crippen molar-refractivity contribution in [3.8, 4) is 11.5 Å². The van der Waals surface area contributed by atoms with Crippen LogP contribution in [0.2, 0.25) is 0 Å². The number of anilines is 2. The van der Waals surface area contributed by atoms with Gasteiger partial charge in [-0.05, 0) is 73.0 Å². The summed E-state index contributed by atoms with van der Waals surface area (Å²) in [5, 5.41) is 5.56. The summed E-state index contributed by atoms with van der Waals surface area (Å²) >= 11 is 0. The molecule has 0 unspecified atom stereocenters. The maximum Gasteiger partial charge on any atom is 0.262 e. The van der Waals surface area contributed by atoms with Crippen molar-refractivity contribution in [1.82, 2.24) is 4.90 Å². The Labute approximate surface area is 201 Å². The highest BCUT2D eigenvalue weighted by Gasteiger charge is 2.33. The summed E-state index contributed by atoms with van der Waals surface area (Å²) < 4.78 is 5.46. The van der Waals surface area contributed by atoms with Crippen LogP contribution in [0.3, 0.4) is 0 Å². The zero-order chi connectivity index (χ0) is 24.4. The first-order chi connectivity index (χ1) is 17.0. The third kappa shape index (κ3) is 5.10. The van der Waals surface area contributed by atoms with E-state index in [4.69, 9.17) is 10.6 Å². The first kappa shape index (κ1) is 22.4. The molecule has 1 aliphatic heterocycles. The van der Waals surface area contributed by atoms with Crippen molar-refractivity contribution < 1.29 is 24.0 Å². The molecule has 0 atom stereocenters. The van der Waals surface area contributed by atoms with Crippen LogP contribution in [0.4, 0.5) is 11.4 Å². The number of nitrogens with zero attached hydrogens (tertiary/aromatic N) is 1. The lowest BCUT2D eigenvalue weighted by Gasteiger charge is -2.24. The number of amides is 3. The van der Waals surface area contributed by atoms with Crippen LogP contribution in [-0.2, 0) is 11.3 Å². The second-order valence-electron chi connectivity index (χ2n) is 8.51. The number of nitrogens with two attached hydrogens (primary N) is 1. The molecule has 1 fully saturated rings. The second-order valence-corrected chi connectivity index (χ2v) is 8.51. The summed E-state index contributed by atoms with van der Waals surface area (Å²) in [4.78, 5) is 43.9. The molecule has 0 aromatic heterocycles. The molecule has 0 spiro atoms. The monoisotopic (exact) mass is 472 g/mol. The highest BCUT2D eigenvalue weighted by molar-refractivity contribution is 6.04. The fourth-order valence-corrected chi connectivity index (χ4v) is 3.90. The fourth-order valence-electron chi connectivity index (χ4n) is 3.90. The molecule has 3 aromatic carbocycles. The summed E-state index contributed by atoms with van der Waals surface area (Å²) in [6.45, 7) is 0.366. The molecule has 2 aliphatic rings. The maximum atomic E-state index is 13.3. The van der Waals surface area contributed by atoms with E-state index in [-0.39, 0.29) is 30.4 Å². The lowest BCUT2D eigenvalue weighted by molar-refractivity contribution is -0.118. The minimum Gasteiger partial charge on any atom is -0.482 e. The van der Waals surface area contributed by atoms with Crippen molar-refractivity contribution >= 4 is 29.1 Å². The van der Waals surface area contributed by atoms with Gasteiger partial charge >= 0.3 is 0 Å². The summed E-state index contributed by atoms with van der Waals surface area (Å²) in [7, 11) is 0. The van der Waals surface area contributed by atoms with E-state index in [9.17, 15) is 14.4 Å². The molecule has 1 heterocycles. The number of carbonyl (C=O) groups excluding carboxylic acids is 3. The van der Waals surface area contributed by atoms with Gasteiger partial charge in [0.2, 0.25) is 0 Å². The van der Waals surface area contributed by atoms with Crippen molar-refractivity contribution in [2.24, 2.45) is 5.90 Å². The molecule has 5 rings (SSSR count). The predicted molar refractivity (Wildman–Crippen MR) is 129 cm³/mol. The number of hydrogen-bond acceptors (Lipinski definition) is 6. The van der Waals surface area contributed by atoms with E-state index in [0.717, 1.165) is 18.4 Å². The number of rotatable bonds is 7. The Balaban J connectivity index is 1.26. The van der Waals surface area contributed by atoms with Crippen LogP contribution in [0.5, 0.6) is 11.5 Å². The van der Waals surface area contributed by atoms with Gasteiger partial charge in [0.05, 0.1) is 5.69 Å². The number of ether oxygens (including phenoxy) is 1. The standard InChI is InChI=1S/C26H24N4O5/c27-35-21-10-6-19(7-11-21)28-25(32)17-3-1-16(2-4-17)14-30(20-8-9-20)26(33)18-5-12-22-23(13-18)34-15-24(31)29-22/h1-7,10-13,20H,8-9,14-15,27H2,(H,28,32)(H,29,31). The third-order valence-corrected chi connectivity index (χ3v) is 5.93. The zero-order valence-corrected chi connectivity index (χ0v) is 18.8. The first-order valence-electron chi connectivity index (χ1n) is 11.2. The van der Waals surface area contributed by atoms with Crippen molar-refractivity contribution in [1.29, 1.82) is 0 Å². The Kier molecular flexibility index (Phi) is 6.07. The van der Waals surface area contributed by atoms with E-state index in [1.165, 1.54) is 0 Å². The van der Waals surface area contributed by atoms with E-state index in [1.807, 2.05) is 17.0 Å². The van der Waals surface area contributed by atoms with E-state index >= 15 is 0 Å². The van der Waals surface area contributed by atoms with E-state index in [1.54, 1.807) is 54.6 Å². The smallest absolute Gasteiger partial charge is 0.262 e. The Morgan fingerprint density at radius 3 is 2.43 bits per heavy atom. The molecule has 35 heavy (non-hydrogen) atoms. The van der Waals surface area contributed by atoms with Gasteiger partial charge in [0.1, 0.15) is 11.5 Å². The first-order valence-corrected chi connectivity index (χ1v) is 11.2. The molecule has 0 radical (unpaired) electrons.